The molecule has 6 nitrogen and oxygen atoms in total. The second-order valence-corrected chi connectivity index (χ2v) is 9.68. The van der Waals surface area contributed by atoms with Crippen molar-refractivity contribution in [3.8, 4) is 5.75 Å². The Morgan fingerprint density at radius 3 is 2.52 bits per heavy atom. The summed E-state index contributed by atoms with van der Waals surface area (Å²) in [5.41, 5.74) is 3.92. The third kappa shape index (κ3) is 4.37. The molecule has 0 fully saturated rings. The van der Waals surface area contributed by atoms with E-state index in [1.165, 1.54) is 27.9 Å². The molecule has 0 aromatic heterocycles. The zero-order valence-corrected chi connectivity index (χ0v) is 18.5. The molecular formula is C24H26N2O4S. The molecule has 1 N–H and O–H groups in total. The molecule has 0 saturated heterocycles. The van der Waals surface area contributed by atoms with Crippen molar-refractivity contribution in [1.82, 2.24) is 0 Å². The maximum absolute atomic E-state index is 12.6. The summed E-state index contributed by atoms with van der Waals surface area (Å²) < 4.78 is 31.3. The Bertz CT molecular complexity index is 1230. The highest BCUT2D eigenvalue weighted by molar-refractivity contribution is 7.92. The van der Waals surface area contributed by atoms with Gasteiger partial charge in [-0.1, -0.05) is 36.4 Å². The van der Waals surface area contributed by atoms with Gasteiger partial charge in [-0.05, 0) is 54.0 Å². The van der Waals surface area contributed by atoms with E-state index in [0.29, 0.717) is 17.9 Å². The first-order valence-corrected chi connectivity index (χ1v) is 12.2. The first kappa shape index (κ1) is 21.2. The van der Waals surface area contributed by atoms with Gasteiger partial charge in [-0.3, -0.25) is 9.10 Å². The van der Waals surface area contributed by atoms with Crippen molar-refractivity contribution in [3.63, 3.8) is 0 Å². The zero-order chi connectivity index (χ0) is 22.0. The number of nitrogens with zero attached hydrogens (tertiary/aromatic N) is 1. The number of hydrogen-bond acceptors (Lipinski definition) is 4. The molecule has 0 spiro atoms. The molecule has 0 atom stereocenters. The van der Waals surface area contributed by atoms with Crippen LogP contribution in [0, 0.1) is 0 Å². The van der Waals surface area contributed by atoms with Crippen LogP contribution in [0.2, 0.25) is 0 Å². The normalized spacial score (nSPS) is 12.7. The van der Waals surface area contributed by atoms with Crippen molar-refractivity contribution in [2.45, 2.75) is 25.7 Å². The van der Waals surface area contributed by atoms with E-state index >= 15 is 0 Å². The highest BCUT2D eigenvalue weighted by Crippen LogP contribution is 2.35. The predicted molar refractivity (Wildman–Crippen MR) is 124 cm³/mol. The van der Waals surface area contributed by atoms with Gasteiger partial charge in [0.2, 0.25) is 15.9 Å². The second-order valence-electron chi connectivity index (χ2n) is 7.77. The fourth-order valence-electron chi connectivity index (χ4n) is 4.25. The number of aryl methyl sites for hydroxylation is 2. The van der Waals surface area contributed by atoms with Gasteiger partial charge in [-0.2, -0.15) is 0 Å². The smallest absolute Gasteiger partial charge is 0.232 e. The standard InChI is InChI=1S/C24H26N2O4S/c1-30-22-10-4-3-9-21(22)26(31(2,28)29)16-6-11-23(27)25-20-15-14-18-13-12-17-7-5-8-19(20)24(17)18/h3-5,7-10,14-15H,6,11-13,16H2,1-2H3,(H,25,27). The van der Waals surface area contributed by atoms with Gasteiger partial charge < -0.3 is 10.1 Å². The number of para-hydroxylation sites is 2. The maximum atomic E-state index is 12.6. The average molecular weight is 439 g/mol. The van der Waals surface area contributed by atoms with Crippen LogP contribution >= 0.6 is 0 Å². The molecule has 3 aromatic carbocycles. The van der Waals surface area contributed by atoms with Crippen LogP contribution in [0.1, 0.15) is 24.0 Å². The molecule has 7 heteroatoms. The first-order valence-electron chi connectivity index (χ1n) is 10.3. The monoisotopic (exact) mass is 438 g/mol. The Kier molecular flexibility index (Phi) is 5.87. The number of hydrogen-bond donors (Lipinski definition) is 1. The van der Waals surface area contributed by atoms with Crippen LogP contribution in [-0.2, 0) is 27.7 Å². The summed E-state index contributed by atoms with van der Waals surface area (Å²) in [6, 6.07) is 17.2. The fourth-order valence-corrected chi connectivity index (χ4v) is 5.22. The van der Waals surface area contributed by atoms with Crippen LogP contribution in [-0.4, -0.2) is 34.2 Å². The molecule has 162 valence electrons. The number of sulfonamides is 1. The topological polar surface area (TPSA) is 75.7 Å². The molecule has 1 amide bonds. The summed E-state index contributed by atoms with van der Waals surface area (Å²) >= 11 is 0. The predicted octanol–water partition coefficient (Wildman–Crippen LogP) is 4.13. The third-order valence-electron chi connectivity index (χ3n) is 5.67. The third-order valence-corrected chi connectivity index (χ3v) is 6.85. The molecule has 0 aliphatic heterocycles. The SMILES string of the molecule is COc1ccccc1N(CCCC(=O)Nc1ccc2c3c(cccc13)CC2)S(C)(=O)=O. The Morgan fingerprint density at radius 1 is 1.03 bits per heavy atom. The van der Waals surface area contributed by atoms with Crippen molar-refractivity contribution in [2.24, 2.45) is 0 Å². The summed E-state index contributed by atoms with van der Waals surface area (Å²) in [5.74, 6) is 0.345. The maximum Gasteiger partial charge on any atom is 0.232 e. The van der Waals surface area contributed by atoms with Crippen LogP contribution < -0.4 is 14.4 Å². The Balaban J connectivity index is 1.45. The first-order chi connectivity index (χ1) is 14.9. The van der Waals surface area contributed by atoms with Gasteiger partial charge in [-0.15, -0.1) is 0 Å². The lowest BCUT2D eigenvalue weighted by molar-refractivity contribution is -0.116. The lowest BCUT2D eigenvalue weighted by atomic mass is 10.0. The van der Waals surface area contributed by atoms with Gasteiger partial charge in [-0.25, -0.2) is 8.42 Å². The van der Waals surface area contributed by atoms with E-state index in [0.717, 1.165) is 30.2 Å². The fraction of sp³-hybridized carbons (Fsp3) is 0.292. The second kappa shape index (κ2) is 8.59. The summed E-state index contributed by atoms with van der Waals surface area (Å²) in [5, 5.41) is 5.32. The summed E-state index contributed by atoms with van der Waals surface area (Å²) in [6.07, 6.45) is 3.83. The van der Waals surface area contributed by atoms with Gasteiger partial charge in [0.25, 0.3) is 0 Å². The van der Waals surface area contributed by atoms with Gasteiger partial charge in [0, 0.05) is 24.0 Å². The summed E-state index contributed by atoms with van der Waals surface area (Å²) in [6.45, 7) is 0.191. The summed E-state index contributed by atoms with van der Waals surface area (Å²) in [4.78, 5) is 12.6. The van der Waals surface area contributed by atoms with E-state index in [9.17, 15) is 13.2 Å². The Morgan fingerprint density at radius 2 is 1.77 bits per heavy atom. The van der Waals surface area contributed by atoms with Gasteiger partial charge >= 0.3 is 0 Å². The van der Waals surface area contributed by atoms with Gasteiger partial charge in [0.15, 0.2) is 0 Å². The molecule has 31 heavy (non-hydrogen) atoms. The minimum Gasteiger partial charge on any atom is -0.495 e. The lowest BCUT2D eigenvalue weighted by Crippen LogP contribution is -2.31. The van der Waals surface area contributed by atoms with Crippen LogP contribution in [0.25, 0.3) is 10.8 Å². The van der Waals surface area contributed by atoms with E-state index in [1.807, 2.05) is 18.2 Å². The molecule has 1 aliphatic rings. The van der Waals surface area contributed by atoms with Crippen LogP contribution in [0.15, 0.2) is 54.6 Å². The number of anilines is 2. The van der Waals surface area contributed by atoms with Crippen molar-refractivity contribution in [2.75, 3.05) is 29.5 Å². The molecule has 0 unspecified atom stereocenters. The van der Waals surface area contributed by atoms with Gasteiger partial charge in [0.05, 0.1) is 19.1 Å². The lowest BCUT2D eigenvalue weighted by Gasteiger charge is -2.24. The molecule has 1 aliphatic carbocycles. The molecule has 0 saturated carbocycles. The highest BCUT2D eigenvalue weighted by Gasteiger charge is 2.21. The number of methoxy groups -OCH3 is 1. The van der Waals surface area contributed by atoms with Crippen molar-refractivity contribution >= 4 is 38.1 Å². The quantitative estimate of drug-likeness (QED) is 0.574. The molecular weight excluding hydrogens is 412 g/mol. The van der Waals surface area contributed by atoms with E-state index in [-0.39, 0.29) is 18.9 Å². The average Bonchev–Trinajstić information content (AvgIpc) is 3.17. The number of ether oxygens (including phenoxy) is 1. The zero-order valence-electron chi connectivity index (χ0n) is 17.7. The Hall–Kier alpha value is -3.06. The van der Waals surface area contributed by atoms with Crippen molar-refractivity contribution in [3.05, 3.63) is 65.7 Å². The number of carbonyl (C=O) groups is 1. The number of carbonyl (C=O) groups excluding carboxylic acids is 1. The number of nitrogens with one attached hydrogen (secondary N) is 1. The van der Waals surface area contributed by atoms with Crippen LogP contribution in [0.5, 0.6) is 5.75 Å². The Labute approximate surface area is 182 Å². The van der Waals surface area contributed by atoms with Gasteiger partial charge in [0.1, 0.15) is 5.75 Å². The molecule has 3 aromatic rings. The minimum absolute atomic E-state index is 0.132. The number of amides is 1. The van der Waals surface area contributed by atoms with E-state index in [1.54, 1.807) is 24.3 Å². The highest BCUT2D eigenvalue weighted by atomic mass is 32.2. The van der Waals surface area contributed by atoms with Crippen molar-refractivity contribution in [1.29, 1.82) is 0 Å². The minimum atomic E-state index is -3.52. The van der Waals surface area contributed by atoms with E-state index < -0.39 is 10.0 Å². The van der Waals surface area contributed by atoms with Crippen LogP contribution in [0.4, 0.5) is 11.4 Å². The number of benzene rings is 3. The van der Waals surface area contributed by atoms with E-state index in [2.05, 4.69) is 17.4 Å². The summed E-state index contributed by atoms with van der Waals surface area (Å²) in [7, 11) is -2.01. The molecule has 0 bridgehead atoms. The largest absolute Gasteiger partial charge is 0.495 e. The van der Waals surface area contributed by atoms with E-state index in [4.69, 9.17) is 4.74 Å². The molecule has 0 heterocycles. The van der Waals surface area contributed by atoms with Crippen LogP contribution in [0.3, 0.4) is 0 Å². The van der Waals surface area contributed by atoms with Crippen molar-refractivity contribution < 1.29 is 17.9 Å². The molecule has 0 radical (unpaired) electrons. The molecule has 4 rings (SSSR count). The number of rotatable bonds is 8.